The van der Waals surface area contributed by atoms with E-state index in [0.29, 0.717) is 31.7 Å². The lowest BCUT2D eigenvalue weighted by molar-refractivity contribution is -0.138. The molecule has 1 amide bonds. The molecule has 1 aromatic rings. The minimum Gasteiger partial charge on any atom is -0.368 e. The number of carbonyl (C=O) groups excluding carboxylic acids is 3. The van der Waals surface area contributed by atoms with Crippen molar-refractivity contribution < 1.29 is 19.1 Å². The average molecular weight is 413 g/mol. The van der Waals surface area contributed by atoms with Crippen LogP contribution in [0.4, 0.5) is 0 Å². The van der Waals surface area contributed by atoms with E-state index in [-0.39, 0.29) is 24.4 Å². The molecule has 3 fully saturated rings. The summed E-state index contributed by atoms with van der Waals surface area (Å²) in [7, 11) is 0. The van der Waals surface area contributed by atoms with Crippen molar-refractivity contribution >= 4 is 18.0 Å². The van der Waals surface area contributed by atoms with Gasteiger partial charge in [0.05, 0.1) is 12.1 Å². The Bertz CT molecular complexity index is 762. The number of nitrogens with one attached hydrogen (secondary N) is 1. The van der Waals surface area contributed by atoms with Crippen LogP contribution in [-0.4, -0.2) is 53.8 Å². The van der Waals surface area contributed by atoms with E-state index >= 15 is 0 Å². The number of nitrogens with zero attached hydrogens (tertiary/aromatic N) is 1. The van der Waals surface area contributed by atoms with Gasteiger partial charge in [0.2, 0.25) is 5.91 Å². The number of hydrogen-bond acceptors (Lipinski definition) is 5. The molecule has 30 heavy (non-hydrogen) atoms. The predicted octanol–water partition coefficient (Wildman–Crippen LogP) is 2.64. The van der Waals surface area contributed by atoms with Crippen molar-refractivity contribution in [2.75, 3.05) is 13.2 Å². The molecule has 6 heteroatoms. The van der Waals surface area contributed by atoms with Gasteiger partial charge in [0.1, 0.15) is 6.61 Å². The number of aldehydes is 1. The van der Waals surface area contributed by atoms with Crippen LogP contribution in [0.25, 0.3) is 0 Å². The van der Waals surface area contributed by atoms with Crippen molar-refractivity contribution in [3.63, 3.8) is 0 Å². The van der Waals surface area contributed by atoms with Crippen molar-refractivity contribution in [3.05, 3.63) is 35.9 Å². The quantitative estimate of drug-likeness (QED) is 0.665. The zero-order chi connectivity index (χ0) is 21.0. The number of ketones is 1. The van der Waals surface area contributed by atoms with Gasteiger partial charge in [0.15, 0.2) is 17.7 Å². The number of likely N-dealkylation sites (tertiary alicyclic amines) is 1. The molecule has 1 aromatic carbocycles. The molecule has 0 radical (unpaired) electrons. The van der Waals surface area contributed by atoms with Gasteiger partial charge in [-0.3, -0.25) is 19.3 Å². The van der Waals surface area contributed by atoms with Gasteiger partial charge < -0.3 is 10.1 Å². The van der Waals surface area contributed by atoms with E-state index in [0.717, 1.165) is 44.0 Å². The fraction of sp³-hybridized carbons (Fsp3) is 0.625. The molecule has 1 saturated carbocycles. The Morgan fingerprint density at radius 2 is 1.93 bits per heavy atom. The van der Waals surface area contributed by atoms with Gasteiger partial charge in [-0.25, -0.2) is 0 Å². The van der Waals surface area contributed by atoms with Crippen LogP contribution in [0.15, 0.2) is 30.3 Å². The number of fused-ring (bicyclic) bond motifs is 1. The zero-order valence-corrected chi connectivity index (χ0v) is 17.6. The van der Waals surface area contributed by atoms with Crippen molar-refractivity contribution in [3.8, 4) is 0 Å². The Balaban J connectivity index is 1.52. The summed E-state index contributed by atoms with van der Waals surface area (Å²) in [5, 5.41) is 3.08. The number of carbonyl (C=O) groups is 3. The molecule has 3 aliphatic rings. The van der Waals surface area contributed by atoms with Crippen LogP contribution in [0.1, 0.15) is 56.9 Å². The Morgan fingerprint density at radius 1 is 1.17 bits per heavy atom. The fourth-order valence-electron chi connectivity index (χ4n) is 5.47. The minimum absolute atomic E-state index is 0.0194. The topological polar surface area (TPSA) is 75.7 Å². The molecular weight excluding hydrogens is 380 g/mol. The Hall–Kier alpha value is -2.05. The largest absolute Gasteiger partial charge is 0.368 e. The van der Waals surface area contributed by atoms with Crippen LogP contribution in [0, 0.1) is 5.92 Å². The summed E-state index contributed by atoms with van der Waals surface area (Å²) in [6.45, 7) is 0.692. The molecule has 4 rings (SSSR count). The molecule has 1 N–H and O–H groups in total. The highest BCUT2D eigenvalue weighted by Gasteiger charge is 2.53. The molecule has 0 spiro atoms. The number of amides is 1. The van der Waals surface area contributed by atoms with Gasteiger partial charge in [-0.1, -0.05) is 62.4 Å². The van der Waals surface area contributed by atoms with Gasteiger partial charge in [-0.15, -0.1) is 0 Å². The average Bonchev–Trinajstić information content (AvgIpc) is 3.36. The van der Waals surface area contributed by atoms with Crippen LogP contribution in [-0.2, 0) is 25.5 Å². The maximum atomic E-state index is 13.0. The number of hydrogen-bond donors (Lipinski definition) is 1. The lowest BCUT2D eigenvalue weighted by Crippen LogP contribution is -2.65. The number of Topliss-reactive ketones (excluding diaryl/α,β-unsaturated/α-hetero) is 1. The molecule has 0 aromatic heterocycles. The molecule has 3 unspecified atom stereocenters. The van der Waals surface area contributed by atoms with Gasteiger partial charge in [0.25, 0.3) is 0 Å². The summed E-state index contributed by atoms with van der Waals surface area (Å²) in [5.74, 6) is 0.261. The highest BCUT2D eigenvalue weighted by Crippen LogP contribution is 2.37. The monoisotopic (exact) mass is 412 g/mol. The molecular formula is C24H32N2O4. The van der Waals surface area contributed by atoms with E-state index in [9.17, 15) is 14.4 Å². The van der Waals surface area contributed by atoms with E-state index in [2.05, 4.69) is 5.32 Å². The number of benzene rings is 1. The number of ether oxygens (including phenoxy) is 1. The minimum atomic E-state index is -1.13. The second-order valence-electron chi connectivity index (χ2n) is 9.03. The highest BCUT2D eigenvalue weighted by molar-refractivity contribution is 5.89. The Kier molecular flexibility index (Phi) is 6.64. The summed E-state index contributed by atoms with van der Waals surface area (Å²) < 4.78 is 5.64. The van der Waals surface area contributed by atoms with Gasteiger partial charge in [-0.05, 0) is 30.7 Å². The van der Waals surface area contributed by atoms with Crippen LogP contribution < -0.4 is 5.32 Å². The third-order valence-electron chi connectivity index (χ3n) is 6.98. The normalized spacial score (nSPS) is 26.9. The van der Waals surface area contributed by atoms with Crippen LogP contribution in [0.2, 0.25) is 0 Å². The standard InChI is InChI=1S/C24H32N2O4/c27-17-24(15-19-9-5-2-6-10-19,26-14-13-21-23(26)20(28)16-30-21)25-22(29)12-11-18-7-3-1-4-8-18/h1,3-4,7-8,17,19,21,23H,2,5-6,9-16H2,(H,25,29). The SMILES string of the molecule is O=CC(CC1CCCCC1)(NC(=O)CCc1ccccc1)N1CCC2OCC(=O)C21. The van der Waals surface area contributed by atoms with Crippen molar-refractivity contribution in [1.29, 1.82) is 0 Å². The molecule has 6 nitrogen and oxygen atoms in total. The van der Waals surface area contributed by atoms with E-state index in [1.807, 2.05) is 35.2 Å². The summed E-state index contributed by atoms with van der Waals surface area (Å²) in [4.78, 5) is 40.0. The number of aryl methyl sites for hydroxylation is 1. The predicted molar refractivity (Wildman–Crippen MR) is 113 cm³/mol. The van der Waals surface area contributed by atoms with E-state index < -0.39 is 11.7 Å². The maximum Gasteiger partial charge on any atom is 0.222 e. The fourth-order valence-corrected chi connectivity index (χ4v) is 5.47. The second-order valence-corrected chi connectivity index (χ2v) is 9.03. The molecule has 3 atom stereocenters. The Labute approximate surface area is 178 Å². The van der Waals surface area contributed by atoms with Crippen molar-refractivity contribution in [2.45, 2.75) is 75.6 Å². The van der Waals surface area contributed by atoms with E-state index in [1.165, 1.54) is 6.42 Å². The summed E-state index contributed by atoms with van der Waals surface area (Å²) in [6.07, 6.45) is 8.65. The molecule has 162 valence electrons. The summed E-state index contributed by atoms with van der Waals surface area (Å²) in [5.41, 5.74) is -0.0318. The third-order valence-corrected chi connectivity index (χ3v) is 6.98. The first-order valence-corrected chi connectivity index (χ1v) is 11.3. The van der Waals surface area contributed by atoms with Crippen LogP contribution >= 0.6 is 0 Å². The molecule has 2 heterocycles. The van der Waals surface area contributed by atoms with Gasteiger partial charge in [0, 0.05) is 13.0 Å². The first kappa shape index (κ1) is 21.2. The lowest BCUT2D eigenvalue weighted by Gasteiger charge is -2.43. The van der Waals surface area contributed by atoms with E-state index in [1.54, 1.807) is 0 Å². The molecule has 2 aliphatic heterocycles. The van der Waals surface area contributed by atoms with Gasteiger partial charge >= 0.3 is 0 Å². The third kappa shape index (κ3) is 4.49. The van der Waals surface area contributed by atoms with Crippen LogP contribution in [0.5, 0.6) is 0 Å². The first-order valence-electron chi connectivity index (χ1n) is 11.3. The highest BCUT2D eigenvalue weighted by atomic mass is 16.5. The van der Waals surface area contributed by atoms with Crippen LogP contribution in [0.3, 0.4) is 0 Å². The Morgan fingerprint density at radius 3 is 2.67 bits per heavy atom. The molecule has 2 saturated heterocycles. The van der Waals surface area contributed by atoms with E-state index in [4.69, 9.17) is 4.74 Å². The molecule has 1 aliphatic carbocycles. The first-order chi connectivity index (χ1) is 14.6. The molecule has 0 bridgehead atoms. The smallest absolute Gasteiger partial charge is 0.222 e. The summed E-state index contributed by atoms with van der Waals surface area (Å²) in [6, 6.07) is 9.46. The van der Waals surface area contributed by atoms with Crippen molar-refractivity contribution in [1.82, 2.24) is 10.2 Å². The maximum absolute atomic E-state index is 13.0. The number of rotatable bonds is 8. The summed E-state index contributed by atoms with van der Waals surface area (Å²) >= 11 is 0. The lowest BCUT2D eigenvalue weighted by atomic mass is 9.82. The zero-order valence-electron chi connectivity index (χ0n) is 17.6. The van der Waals surface area contributed by atoms with Crippen molar-refractivity contribution in [2.24, 2.45) is 5.92 Å². The second kappa shape index (κ2) is 9.40. The van der Waals surface area contributed by atoms with Gasteiger partial charge in [-0.2, -0.15) is 0 Å².